The van der Waals surface area contributed by atoms with Crippen LogP contribution in [0.2, 0.25) is 0 Å². The van der Waals surface area contributed by atoms with Crippen molar-refractivity contribution in [2.24, 2.45) is 40.4 Å². The van der Waals surface area contributed by atoms with Crippen molar-refractivity contribution in [3.8, 4) is 0 Å². The standard InChI is InChI=1S/C25H41NO6/c1-6-26-11-23(12-27)8-7-16(30-3)25-14-9-13-15(29-2)10-24(28,17(14)19(13)31-4)18(22(25)26)20(32-5)21(23)25/h13-22,27-28H,6-12H2,1-5H3/t13-,14?,15-,16+,17?,18+,19+,20?,21?,22+,23+,24-,25+/m1/s1. The SMILES string of the molecule is CCN1C[C@]2(CO)CC[C@H](OC)[C@@]34C5C[C@H]6[C@H](OC)C5[C@](O)(C[C@H]6OC)[C@@H](C(OC)C23)[C@H]14. The van der Waals surface area contributed by atoms with Crippen LogP contribution in [0.5, 0.6) is 0 Å². The van der Waals surface area contributed by atoms with Gasteiger partial charge in [0.15, 0.2) is 0 Å². The van der Waals surface area contributed by atoms with Gasteiger partial charge in [0.2, 0.25) is 0 Å². The first-order chi connectivity index (χ1) is 15.4. The van der Waals surface area contributed by atoms with Gasteiger partial charge >= 0.3 is 0 Å². The average molecular weight is 452 g/mol. The van der Waals surface area contributed by atoms with Crippen LogP contribution in [0.3, 0.4) is 0 Å². The molecule has 7 nitrogen and oxygen atoms in total. The highest BCUT2D eigenvalue weighted by Crippen LogP contribution is 2.79. The third kappa shape index (κ3) is 2.15. The number of piperidine rings is 1. The molecule has 7 heteroatoms. The molecule has 0 amide bonds. The van der Waals surface area contributed by atoms with E-state index in [1.165, 1.54) is 0 Å². The van der Waals surface area contributed by atoms with Crippen molar-refractivity contribution < 1.29 is 29.2 Å². The first-order valence-corrected chi connectivity index (χ1v) is 12.6. The number of rotatable bonds is 6. The largest absolute Gasteiger partial charge is 0.396 e. The van der Waals surface area contributed by atoms with Gasteiger partial charge in [-0.1, -0.05) is 6.92 Å². The number of nitrogens with zero attached hydrogens (tertiary/aromatic N) is 1. The monoisotopic (exact) mass is 451 g/mol. The van der Waals surface area contributed by atoms with Crippen molar-refractivity contribution in [1.29, 1.82) is 0 Å². The highest BCUT2D eigenvalue weighted by molar-refractivity contribution is 5.35. The van der Waals surface area contributed by atoms with Gasteiger partial charge < -0.3 is 29.2 Å². The van der Waals surface area contributed by atoms with E-state index in [2.05, 4.69) is 11.8 Å². The molecular formula is C25H41NO6. The van der Waals surface area contributed by atoms with Gasteiger partial charge in [0.25, 0.3) is 0 Å². The Morgan fingerprint density at radius 1 is 1.00 bits per heavy atom. The van der Waals surface area contributed by atoms with E-state index >= 15 is 0 Å². The molecule has 7 bridgehead atoms. The van der Waals surface area contributed by atoms with Gasteiger partial charge in [-0.2, -0.15) is 0 Å². The third-order valence-corrected chi connectivity index (χ3v) is 11.5. The minimum atomic E-state index is -0.912. The van der Waals surface area contributed by atoms with Crippen LogP contribution >= 0.6 is 0 Å². The zero-order valence-electron chi connectivity index (χ0n) is 20.2. The molecule has 0 aromatic rings. The molecule has 1 spiro atoms. The summed E-state index contributed by atoms with van der Waals surface area (Å²) in [5.41, 5.74) is -1.28. The molecule has 4 unspecified atom stereocenters. The summed E-state index contributed by atoms with van der Waals surface area (Å²) in [6.45, 7) is 4.17. The molecule has 1 saturated heterocycles. The Kier molecular flexibility index (Phi) is 4.94. The van der Waals surface area contributed by atoms with Crippen molar-refractivity contribution in [2.75, 3.05) is 48.1 Å². The van der Waals surface area contributed by atoms with Gasteiger partial charge in [0, 0.05) is 81.9 Å². The molecule has 13 atom stereocenters. The third-order valence-electron chi connectivity index (χ3n) is 11.5. The molecule has 5 aliphatic carbocycles. The predicted molar refractivity (Wildman–Crippen MR) is 117 cm³/mol. The van der Waals surface area contributed by atoms with E-state index < -0.39 is 5.60 Å². The highest BCUT2D eigenvalue weighted by atomic mass is 16.5. The van der Waals surface area contributed by atoms with Gasteiger partial charge in [-0.05, 0) is 31.7 Å². The van der Waals surface area contributed by atoms with E-state index in [0.717, 1.165) is 32.4 Å². The summed E-state index contributed by atoms with van der Waals surface area (Å²) >= 11 is 0. The molecule has 6 rings (SSSR count). The quantitative estimate of drug-likeness (QED) is 0.627. The van der Waals surface area contributed by atoms with Crippen LogP contribution < -0.4 is 0 Å². The first kappa shape index (κ1) is 22.2. The number of aliphatic hydroxyl groups excluding tert-OH is 1. The summed E-state index contributed by atoms with van der Waals surface area (Å²) in [6, 6.07) is 0.186. The molecular weight excluding hydrogens is 410 g/mol. The second kappa shape index (κ2) is 7.12. The molecule has 32 heavy (non-hydrogen) atoms. The fourth-order valence-corrected chi connectivity index (χ4v) is 11.0. The topological polar surface area (TPSA) is 80.6 Å². The van der Waals surface area contributed by atoms with E-state index in [9.17, 15) is 10.2 Å². The Balaban J connectivity index is 1.64. The molecule has 0 radical (unpaired) electrons. The van der Waals surface area contributed by atoms with Crippen LogP contribution in [0, 0.1) is 40.4 Å². The maximum atomic E-state index is 12.7. The normalized spacial score (nSPS) is 60.1. The lowest BCUT2D eigenvalue weighted by atomic mass is 9.43. The Bertz CT molecular complexity index is 767. The average Bonchev–Trinajstić information content (AvgIpc) is 3.26. The van der Waals surface area contributed by atoms with Crippen molar-refractivity contribution in [3.05, 3.63) is 0 Å². The number of ether oxygens (including phenoxy) is 4. The second-order valence-electron chi connectivity index (χ2n) is 11.7. The zero-order chi connectivity index (χ0) is 22.6. The predicted octanol–water partition coefficient (Wildman–Crippen LogP) is 1.16. The molecule has 6 aliphatic rings. The van der Waals surface area contributed by atoms with E-state index in [1.807, 2.05) is 14.2 Å². The molecule has 1 heterocycles. The van der Waals surface area contributed by atoms with Crippen LogP contribution in [0.4, 0.5) is 0 Å². The van der Waals surface area contributed by atoms with E-state index in [1.54, 1.807) is 14.2 Å². The second-order valence-corrected chi connectivity index (χ2v) is 11.7. The van der Waals surface area contributed by atoms with Gasteiger partial charge in [0.1, 0.15) is 0 Å². The number of hydrogen-bond acceptors (Lipinski definition) is 7. The van der Waals surface area contributed by atoms with Crippen molar-refractivity contribution >= 4 is 0 Å². The van der Waals surface area contributed by atoms with Gasteiger partial charge in [-0.25, -0.2) is 0 Å². The van der Waals surface area contributed by atoms with Crippen LogP contribution in [0.1, 0.15) is 32.6 Å². The molecule has 0 aromatic heterocycles. The Labute approximate surface area is 191 Å². The number of fused-ring (bicyclic) bond motifs is 2. The summed E-state index contributed by atoms with van der Waals surface area (Å²) in [4.78, 5) is 2.57. The maximum Gasteiger partial charge on any atom is 0.0796 e. The van der Waals surface area contributed by atoms with Crippen molar-refractivity contribution in [1.82, 2.24) is 4.90 Å². The summed E-state index contributed by atoms with van der Waals surface area (Å²) in [5.74, 6) is 0.737. The van der Waals surface area contributed by atoms with E-state index in [4.69, 9.17) is 18.9 Å². The molecule has 2 N–H and O–H groups in total. The first-order valence-electron chi connectivity index (χ1n) is 12.6. The fourth-order valence-electron chi connectivity index (χ4n) is 11.0. The number of hydrogen-bond donors (Lipinski definition) is 2. The molecule has 182 valence electrons. The lowest BCUT2D eigenvalue weighted by Crippen LogP contribution is -2.76. The summed E-state index contributed by atoms with van der Waals surface area (Å²) < 4.78 is 24.9. The molecule has 6 fully saturated rings. The van der Waals surface area contributed by atoms with Crippen LogP contribution in [0.15, 0.2) is 0 Å². The van der Waals surface area contributed by atoms with E-state index in [0.29, 0.717) is 6.42 Å². The van der Waals surface area contributed by atoms with Crippen LogP contribution in [-0.2, 0) is 18.9 Å². The van der Waals surface area contributed by atoms with Crippen molar-refractivity contribution in [2.45, 2.75) is 68.7 Å². The Hall–Kier alpha value is -0.280. The smallest absolute Gasteiger partial charge is 0.0796 e. The molecule has 0 aromatic carbocycles. The zero-order valence-corrected chi connectivity index (χ0v) is 20.2. The van der Waals surface area contributed by atoms with E-state index in [-0.39, 0.29) is 77.5 Å². The van der Waals surface area contributed by atoms with Gasteiger partial charge in [0.05, 0.1) is 36.6 Å². The number of aliphatic hydroxyl groups is 2. The number of likely N-dealkylation sites (tertiary alicyclic amines) is 1. The lowest BCUT2D eigenvalue weighted by Gasteiger charge is -2.69. The maximum absolute atomic E-state index is 12.7. The fraction of sp³-hybridized carbons (Fsp3) is 1.00. The minimum Gasteiger partial charge on any atom is -0.396 e. The van der Waals surface area contributed by atoms with Gasteiger partial charge in [-0.3, -0.25) is 4.90 Å². The molecule has 1 aliphatic heterocycles. The number of methoxy groups -OCH3 is 4. The summed E-state index contributed by atoms with van der Waals surface area (Å²) in [7, 11) is 7.24. The Morgan fingerprint density at radius 2 is 1.75 bits per heavy atom. The van der Waals surface area contributed by atoms with Crippen molar-refractivity contribution in [3.63, 3.8) is 0 Å². The van der Waals surface area contributed by atoms with Crippen LogP contribution in [-0.4, -0.2) is 99.3 Å². The van der Waals surface area contributed by atoms with Crippen LogP contribution in [0.25, 0.3) is 0 Å². The van der Waals surface area contributed by atoms with Gasteiger partial charge in [-0.15, -0.1) is 0 Å². The molecule has 5 saturated carbocycles. The minimum absolute atomic E-state index is 0.0124. The Morgan fingerprint density at radius 3 is 2.34 bits per heavy atom. The lowest BCUT2D eigenvalue weighted by molar-refractivity contribution is -0.277. The highest BCUT2D eigenvalue weighted by Gasteiger charge is 2.86. The summed E-state index contributed by atoms with van der Waals surface area (Å²) in [5, 5.41) is 23.6. The summed E-state index contributed by atoms with van der Waals surface area (Å²) in [6.07, 6.45) is 3.49.